The Morgan fingerprint density at radius 3 is 2.20 bits per heavy atom. The Bertz CT molecular complexity index is 1120. The van der Waals surface area contributed by atoms with Gasteiger partial charge in [-0.3, -0.25) is 9.59 Å². The fraction of sp³-hybridized carbons (Fsp3) is 0.464. The number of carboxylic acids is 1. The maximum Gasteiger partial charge on any atom is 0.408 e. The van der Waals surface area contributed by atoms with Crippen LogP contribution in [0.1, 0.15) is 56.6 Å². The molecule has 7 heteroatoms. The van der Waals surface area contributed by atoms with Crippen LogP contribution in [0.4, 0.5) is 4.79 Å². The number of ether oxygens (including phenoxy) is 1. The quantitative estimate of drug-likeness (QED) is 0.552. The van der Waals surface area contributed by atoms with Crippen molar-refractivity contribution < 1.29 is 24.2 Å². The van der Waals surface area contributed by atoms with Gasteiger partial charge in [0.25, 0.3) is 0 Å². The van der Waals surface area contributed by atoms with Crippen molar-refractivity contribution >= 4 is 18.0 Å². The van der Waals surface area contributed by atoms with Gasteiger partial charge in [-0.15, -0.1) is 0 Å². The van der Waals surface area contributed by atoms with Crippen LogP contribution in [-0.4, -0.2) is 41.3 Å². The van der Waals surface area contributed by atoms with Crippen molar-refractivity contribution in [1.29, 1.82) is 0 Å². The molecule has 2 amide bonds. The minimum absolute atomic E-state index is 0.0692. The number of aliphatic carboxylic acids is 1. The topological polar surface area (TPSA) is 105 Å². The Morgan fingerprint density at radius 1 is 1.00 bits per heavy atom. The molecule has 5 atom stereocenters. The molecule has 7 nitrogen and oxygen atoms in total. The fourth-order valence-corrected chi connectivity index (χ4v) is 6.33. The number of fused-ring (bicyclic) bond motifs is 5. The molecule has 3 aliphatic carbocycles. The lowest BCUT2D eigenvalue weighted by molar-refractivity contribution is -0.145. The van der Waals surface area contributed by atoms with Gasteiger partial charge in [-0.05, 0) is 66.7 Å². The van der Waals surface area contributed by atoms with Crippen molar-refractivity contribution in [3.05, 3.63) is 59.7 Å². The Hall–Kier alpha value is -3.35. The average molecular weight is 477 g/mol. The molecule has 2 aromatic rings. The van der Waals surface area contributed by atoms with Crippen LogP contribution in [0.3, 0.4) is 0 Å². The first-order chi connectivity index (χ1) is 16.8. The number of alkyl carbamates (subject to hydrolysis) is 1. The van der Waals surface area contributed by atoms with Crippen LogP contribution in [-0.2, 0) is 14.3 Å². The number of nitrogens with one attached hydrogen (secondary N) is 2. The van der Waals surface area contributed by atoms with Crippen LogP contribution in [0, 0.1) is 17.8 Å². The van der Waals surface area contributed by atoms with Crippen molar-refractivity contribution in [3.63, 3.8) is 0 Å². The van der Waals surface area contributed by atoms with Gasteiger partial charge in [-0.1, -0.05) is 55.5 Å². The molecule has 184 valence electrons. The Labute approximate surface area is 205 Å². The second-order valence-electron chi connectivity index (χ2n) is 10.3. The zero-order valence-corrected chi connectivity index (χ0v) is 20.1. The zero-order valence-electron chi connectivity index (χ0n) is 20.1. The fourth-order valence-electron chi connectivity index (χ4n) is 6.33. The summed E-state index contributed by atoms with van der Waals surface area (Å²) in [7, 11) is 0. The summed E-state index contributed by atoms with van der Waals surface area (Å²) in [6.45, 7) is 3.64. The molecule has 2 saturated carbocycles. The third-order valence-corrected chi connectivity index (χ3v) is 8.43. The third-order valence-electron chi connectivity index (χ3n) is 8.43. The zero-order chi connectivity index (χ0) is 24.7. The molecule has 0 heterocycles. The molecule has 0 radical (unpaired) electrons. The first-order valence-electron chi connectivity index (χ1n) is 12.5. The van der Waals surface area contributed by atoms with Gasteiger partial charge in [-0.2, -0.15) is 0 Å². The van der Waals surface area contributed by atoms with E-state index in [9.17, 15) is 19.5 Å². The summed E-state index contributed by atoms with van der Waals surface area (Å²) in [6.07, 6.45) is 2.36. The predicted molar refractivity (Wildman–Crippen MR) is 131 cm³/mol. The highest BCUT2D eigenvalue weighted by Gasteiger charge is 2.52. The van der Waals surface area contributed by atoms with E-state index in [1.807, 2.05) is 31.2 Å². The highest BCUT2D eigenvalue weighted by molar-refractivity contribution is 5.90. The second kappa shape index (κ2) is 9.02. The largest absolute Gasteiger partial charge is 0.481 e. The molecule has 2 fully saturated rings. The molecular weight excluding hydrogens is 444 g/mol. The maximum atomic E-state index is 13.2. The van der Waals surface area contributed by atoms with Crippen LogP contribution >= 0.6 is 0 Å². The van der Waals surface area contributed by atoms with Gasteiger partial charge in [0.2, 0.25) is 5.91 Å². The van der Waals surface area contributed by atoms with Crippen LogP contribution in [0.25, 0.3) is 11.1 Å². The molecule has 0 spiro atoms. The van der Waals surface area contributed by atoms with E-state index in [1.165, 1.54) is 0 Å². The van der Waals surface area contributed by atoms with Gasteiger partial charge < -0.3 is 20.5 Å². The summed E-state index contributed by atoms with van der Waals surface area (Å²) >= 11 is 0. The lowest BCUT2D eigenvalue weighted by Crippen LogP contribution is -2.60. The summed E-state index contributed by atoms with van der Waals surface area (Å²) < 4.78 is 5.64. The molecule has 0 aromatic heterocycles. The van der Waals surface area contributed by atoms with Crippen LogP contribution in [0.15, 0.2) is 48.5 Å². The Balaban J connectivity index is 1.24. The summed E-state index contributed by atoms with van der Waals surface area (Å²) in [5.41, 5.74) is 3.33. The predicted octanol–water partition coefficient (Wildman–Crippen LogP) is 4.31. The monoisotopic (exact) mass is 476 g/mol. The molecule has 2 aromatic carbocycles. The molecule has 35 heavy (non-hydrogen) atoms. The highest BCUT2D eigenvalue weighted by Crippen LogP contribution is 2.49. The van der Waals surface area contributed by atoms with Gasteiger partial charge in [0.1, 0.15) is 12.1 Å². The number of amides is 2. The van der Waals surface area contributed by atoms with Gasteiger partial charge in [0.15, 0.2) is 0 Å². The van der Waals surface area contributed by atoms with Crippen molar-refractivity contribution in [2.45, 2.75) is 57.0 Å². The summed E-state index contributed by atoms with van der Waals surface area (Å²) in [4.78, 5) is 37.9. The molecule has 0 aliphatic heterocycles. The van der Waals surface area contributed by atoms with E-state index in [0.29, 0.717) is 6.42 Å². The number of rotatable bonds is 7. The first-order valence-corrected chi connectivity index (χ1v) is 12.5. The Morgan fingerprint density at radius 2 is 1.60 bits per heavy atom. The van der Waals surface area contributed by atoms with E-state index in [0.717, 1.165) is 41.5 Å². The number of carbonyl (C=O) groups excluding carboxylic acids is 2. The summed E-state index contributed by atoms with van der Waals surface area (Å²) in [5.74, 6) is -1.55. The van der Waals surface area contributed by atoms with E-state index < -0.39 is 29.6 Å². The molecule has 5 unspecified atom stereocenters. The lowest BCUT2D eigenvalue weighted by atomic mass is 9.83. The minimum atomic E-state index is -1.20. The van der Waals surface area contributed by atoms with Crippen molar-refractivity contribution in [1.82, 2.24) is 10.6 Å². The van der Waals surface area contributed by atoms with Crippen LogP contribution < -0.4 is 10.6 Å². The first kappa shape index (κ1) is 23.4. The van der Waals surface area contributed by atoms with E-state index in [4.69, 9.17) is 4.74 Å². The number of hydrogen-bond donors (Lipinski definition) is 3. The standard InChI is InChI=1S/C28H32N2O5/c1-3-28(2,26(33)29-24-17-13-12-16(14-17)23(24)25(31)32)30-27(34)35-15-22-20-10-6-4-8-18(20)19-9-5-7-11-21(19)22/h4-11,16-17,22-24H,3,12-15H2,1-2H3,(H,29,33)(H,30,34)(H,31,32). The third kappa shape index (κ3) is 4.07. The normalized spacial score (nSPS) is 25.9. The smallest absolute Gasteiger partial charge is 0.408 e. The lowest BCUT2D eigenvalue weighted by Gasteiger charge is -2.34. The van der Waals surface area contributed by atoms with Gasteiger partial charge in [0, 0.05) is 12.0 Å². The average Bonchev–Trinajstić information content (AvgIpc) is 3.54. The van der Waals surface area contributed by atoms with Gasteiger partial charge in [-0.25, -0.2) is 4.79 Å². The molecule has 0 saturated heterocycles. The van der Waals surface area contributed by atoms with E-state index >= 15 is 0 Å². The highest BCUT2D eigenvalue weighted by atomic mass is 16.5. The molecule has 3 aliphatic rings. The van der Waals surface area contributed by atoms with Crippen LogP contribution in [0.5, 0.6) is 0 Å². The summed E-state index contributed by atoms with van der Waals surface area (Å²) in [5, 5.41) is 15.4. The van der Waals surface area contributed by atoms with E-state index in [-0.39, 0.29) is 30.3 Å². The molecule has 2 bridgehead atoms. The van der Waals surface area contributed by atoms with Crippen molar-refractivity contribution in [2.75, 3.05) is 6.61 Å². The van der Waals surface area contributed by atoms with Crippen molar-refractivity contribution in [3.8, 4) is 11.1 Å². The van der Waals surface area contributed by atoms with Crippen LogP contribution in [0.2, 0.25) is 0 Å². The number of carboxylic acid groups (broad SMARTS) is 1. The van der Waals surface area contributed by atoms with E-state index in [2.05, 4.69) is 34.9 Å². The minimum Gasteiger partial charge on any atom is -0.481 e. The second-order valence-corrected chi connectivity index (χ2v) is 10.3. The molecule has 5 rings (SSSR count). The van der Waals surface area contributed by atoms with Crippen molar-refractivity contribution in [2.24, 2.45) is 17.8 Å². The van der Waals surface area contributed by atoms with Gasteiger partial charge in [0.05, 0.1) is 5.92 Å². The number of hydrogen-bond acceptors (Lipinski definition) is 4. The maximum absolute atomic E-state index is 13.2. The number of benzene rings is 2. The van der Waals surface area contributed by atoms with Gasteiger partial charge >= 0.3 is 12.1 Å². The molecular formula is C28H32N2O5. The summed E-state index contributed by atoms with van der Waals surface area (Å²) in [6, 6.07) is 15.8. The van der Waals surface area contributed by atoms with E-state index in [1.54, 1.807) is 6.92 Å². The molecule has 3 N–H and O–H groups in total. The Kier molecular flexibility index (Phi) is 6.03. The SMILES string of the molecule is CCC(C)(NC(=O)OCC1c2ccccc2-c2ccccc21)C(=O)NC1C2CCC(C2)C1C(=O)O. The number of carbonyl (C=O) groups is 3.